The van der Waals surface area contributed by atoms with E-state index >= 15 is 0 Å². The van der Waals surface area contributed by atoms with E-state index in [9.17, 15) is 35.6 Å². The van der Waals surface area contributed by atoms with Crippen LogP contribution in [0, 0.1) is 11.6 Å². The molecule has 0 saturated carbocycles. The molecule has 226 valence electrons. The first-order valence-corrected chi connectivity index (χ1v) is 16.0. The number of hydroxylamine groups is 1. The monoisotopic (exact) mass is 637 g/mol. The molecule has 0 aromatic heterocycles. The first-order valence-electron chi connectivity index (χ1n) is 12.6. The highest BCUT2D eigenvalue weighted by Crippen LogP contribution is 2.32. The summed E-state index contributed by atoms with van der Waals surface area (Å²) < 4.78 is 89.6. The molecule has 0 spiro atoms. The van der Waals surface area contributed by atoms with E-state index in [0.29, 0.717) is 34.6 Å². The predicted molar refractivity (Wildman–Crippen MR) is 145 cm³/mol. The van der Waals surface area contributed by atoms with Crippen molar-refractivity contribution in [1.29, 1.82) is 0 Å². The van der Waals surface area contributed by atoms with E-state index < -0.39 is 67.4 Å². The molecule has 2 aromatic rings. The number of carbonyl (C=O) groups excluding carboxylic acids is 1. The average molecular weight is 638 g/mol. The summed E-state index contributed by atoms with van der Waals surface area (Å²) in [4.78, 5) is 15.8. The van der Waals surface area contributed by atoms with Gasteiger partial charge < -0.3 is 9.64 Å². The molecule has 0 bridgehead atoms. The molecule has 2 N–H and O–H groups in total. The lowest BCUT2D eigenvalue weighted by Gasteiger charge is -2.39. The molecule has 17 heteroatoms. The van der Waals surface area contributed by atoms with Crippen molar-refractivity contribution in [3.8, 4) is 11.5 Å². The van der Waals surface area contributed by atoms with Crippen LogP contribution in [0.5, 0.6) is 11.5 Å². The zero-order valence-electron chi connectivity index (χ0n) is 22.0. The van der Waals surface area contributed by atoms with E-state index in [1.54, 1.807) is 0 Å². The molecule has 2 aromatic carbocycles. The zero-order valence-corrected chi connectivity index (χ0v) is 24.4. The van der Waals surface area contributed by atoms with E-state index in [2.05, 4.69) is 4.90 Å². The summed E-state index contributed by atoms with van der Waals surface area (Å²) in [6, 6.07) is 4.97. The van der Waals surface area contributed by atoms with Crippen molar-refractivity contribution in [1.82, 2.24) is 23.9 Å². The molecular weight excluding hydrogens is 608 g/mol. The molecular formula is C24H30ClF2N5O7S2. The summed E-state index contributed by atoms with van der Waals surface area (Å²) in [5, 5.41) is 9.63. The molecule has 1 atom stereocenters. The summed E-state index contributed by atoms with van der Waals surface area (Å²) in [5.41, 5.74) is 1.35. The number of rotatable bonds is 9. The van der Waals surface area contributed by atoms with Gasteiger partial charge in [0, 0.05) is 57.4 Å². The maximum atomic E-state index is 14.9. The Bertz CT molecular complexity index is 1450. The highest BCUT2D eigenvalue weighted by Gasteiger charge is 2.43. The highest BCUT2D eigenvalue weighted by atomic mass is 35.5. The molecule has 2 aliphatic heterocycles. The quantitative estimate of drug-likeness (QED) is 0.306. The second-order valence-electron chi connectivity index (χ2n) is 9.70. The lowest BCUT2D eigenvalue weighted by atomic mass is 10.2. The Morgan fingerprint density at radius 2 is 1.63 bits per heavy atom. The number of piperazine rings is 2. The van der Waals surface area contributed by atoms with Gasteiger partial charge >= 0.3 is 0 Å². The van der Waals surface area contributed by atoms with Gasteiger partial charge in [-0.05, 0) is 43.4 Å². The van der Waals surface area contributed by atoms with Crippen LogP contribution >= 0.6 is 11.6 Å². The third-order valence-electron chi connectivity index (χ3n) is 6.97. The number of amides is 1. The SMILES string of the molecule is CN1CCN(CCS(=O)(=O)N2CCN(S(=O)(=O)c3cc(F)c(Oc4ccc(Cl)cc4)c(F)c3)[C@H](C(=O)NO)C2)CC1. The molecule has 12 nitrogen and oxygen atoms in total. The van der Waals surface area contributed by atoms with Gasteiger partial charge in [-0.2, -0.15) is 8.61 Å². The minimum absolute atomic E-state index is 0.0486. The minimum Gasteiger partial charge on any atom is -0.451 e. The van der Waals surface area contributed by atoms with Crippen LogP contribution in [0.4, 0.5) is 8.78 Å². The standard InChI is InChI=1S/C24H30ClF2N5O7S2/c1-29-6-8-30(9-7-29)12-13-40(35,36)31-10-11-32(22(16-31)24(33)28-34)41(37,38)19-14-20(26)23(21(27)15-19)39-18-4-2-17(25)3-5-18/h2-5,14-15,22,34H,6-13,16H2,1H3,(H,28,33)/t22-/m0/s1. The Labute approximate surface area is 242 Å². The number of likely N-dealkylation sites (N-methyl/N-ethyl adjacent to an activating group) is 1. The maximum Gasteiger partial charge on any atom is 0.263 e. The molecule has 2 heterocycles. The van der Waals surface area contributed by atoms with Crippen LogP contribution in [0.2, 0.25) is 5.02 Å². The van der Waals surface area contributed by atoms with Gasteiger partial charge in [0.25, 0.3) is 5.91 Å². The van der Waals surface area contributed by atoms with Crippen LogP contribution in [0.3, 0.4) is 0 Å². The van der Waals surface area contributed by atoms with Crippen molar-refractivity contribution in [3.63, 3.8) is 0 Å². The van der Waals surface area contributed by atoms with E-state index in [4.69, 9.17) is 16.3 Å². The summed E-state index contributed by atoms with van der Waals surface area (Å²) in [6.07, 6.45) is 0. The first-order chi connectivity index (χ1) is 19.3. The van der Waals surface area contributed by atoms with Crippen molar-refractivity contribution in [2.24, 2.45) is 0 Å². The van der Waals surface area contributed by atoms with Crippen molar-refractivity contribution in [2.45, 2.75) is 10.9 Å². The molecule has 1 amide bonds. The molecule has 2 fully saturated rings. The van der Waals surface area contributed by atoms with Gasteiger partial charge in [0.05, 0.1) is 10.6 Å². The molecule has 0 aliphatic carbocycles. The number of nitrogens with zero attached hydrogens (tertiary/aromatic N) is 4. The second kappa shape index (κ2) is 12.8. The fourth-order valence-electron chi connectivity index (χ4n) is 4.55. The summed E-state index contributed by atoms with van der Waals surface area (Å²) in [5.74, 6) is -4.91. The number of halogens is 3. The largest absolute Gasteiger partial charge is 0.451 e. The van der Waals surface area contributed by atoms with E-state index in [1.807, 2.05) is 11.9 Å². The van der Waals surface area contributed by atoms with Crippen LogP contribution in [-0.4, -0.2) is 118 Å². The number of sulfonamides is 2. The van der Waals surface area contributed by atoms with Crippen molar-refractivity contribution in [3.05, 3.63) is 53.1 Å². The maximum absolute atomic E-state index is 14.9. The van der Waals surface area contributed by atoms with E-state index in [0.717, 1.165) is 17.4 Å². The average Bonchev–Trinajstić information content (AvgIpc) is 2.94. The summed E-state index contributed by atoms with van der Waals surface area (Å²) in [7, 11) is -6.67. The Morgan fingerprint density at radius 1 is 1.02 bits per heavy atom. The number of hydrogen-bond acceptors (Lipinski definition) is 9. The van der Waals surface area contributed by atoms with Gasteiger partial charge in [-0.1, -0.05) is 11.6 Å². The smallest absolute Gasteiger partial charge is 0.263 e. The normalized spacial score (nSPS) is 20.2. The van der Waals surface area contributed by atoms with Crippen LogP contribution in [0.1, 0.15) is 0 Å². The van der Waals surface area contributed by atoms with Crippen LogP contribution in [0.25, 0.3) is 0 Å². The van der Waals surface area contributed by atoms with Gasteiger partial charge in [0.2, 0.25) is 20.0 Å². The Kier molecular flexibility index (Phi) is 9.85. The predicted octanol–water partition coefficient (Wildman–Crippen LogP) is 1.17. The highest BCUT2D eigenvalue weighted by molar-refractivity contribution is 7.89. The number of ether oxygens (including phenoxy) is 1. The Hall–Kier alpha value is -2.44. The van der Waals surface area contributed by atoms with Crippen molar-refractivity contribution >= 4 is 37.6 Å². The van der Waals surface area contributed by atoms with Crippen LogP contribution in [-0.2, 0) is 24.8 Å². The van der Waals surface area contributed by atoms with Crippen LogP contribution in [0.15, 0.2) is 41.3 Å². The minimum atomic E-state index is -4.74. The lowest BCUT2D eigenvalue weighted by molar-refractivity contribution is -0.134. The molecule has 2 saturated heterocycles. The Morgan fingerprint density at radius 3 is 2.22 bits per heavy atom. The summed E-state index contributed by atoms with van der Waals surface area (Å²) in [6.45, 7) is 1.85. The topological polar surface area (TPSA) is 140 Å². The molecule has 2 aliphatic rings. The zero-order chi connectivity index (χ0) is 29.9. The molecule has 4 rings (SSSR count). The third-order valence-corrected chi connectivity index (χ3v) is 10.9. The number of carbonyl (C=O) groups is 1. The second-order valence-corrected chi connectivity index (χ2v) is 14.1. The van der Waals surface area contributed by atoms with Crippen molar-refractivity contribution in [2.75, 3.05) is 65.2 Å². The fourth-order valence-corrected chi connectivity index (χ4v) is 7.75. The third kappa shape index (κ3) is 7.32. The fraction of sp³-hybridized carbons (Fsp3) is 0.458. The lowest BCUT2D eigenvalue weighted by Crippen LogP contribution is -2.61. The van der Waals surface area contributed by atoms with E-state index in [-0.39, 0.29) is 24.6 Å². The summed E-state index contributed by atoms with van der Waals surface area (Å²) >= 11 is 5.79. The Balaban J connectivity index is 1.52. The molecule has 41 heavy (non-hydrogen) atoms. The van der Waals surface area contributed by atoms with Gasteiger partial charge in [-0.25, -0.2) is 31.1 Å². The number of benzene rings is 2. The first kappa shape index (κ1) is 31.5. The number of nitrogens with one attached hydrogen (secondary N) is 1. The van der Waals surface area contributed by atoms with E-state index in [1.165, 1.54) is 29.7 Å². The van der Waals surface area contributed by atoms with Gasteiger partial charge in [-0.15, -0.1) is 0 Å². The van der Waals surface area contributed by atoms with Crippen LogP contribution < -0.4 is 10.2 Å². The molecule has 0 radical (unpaired) electrons. The van der Waals surface area contributed by atoms with Gasteiger partial charge in [0.1, 0.15) is 11.8 Å². The van der Waals surface area contributed by atoms with Crippen molar-refractivity contribution < 1.29 is 40.4 Å². The number of hydrogen-bond donors (Lipinski definition) is 2. The van der Waals surface area contributed by atoms with Gasteiger partial charge in [0.15, 0.2) is 17.4 Å². The molecule has 0 unspecified atom stereocenters. The van der Waals surface area contributed by atoms with Gasteiger partial charge in [-0.3, -0.25) is 14.9 Å².